The van der Waals surface area contributed by atoms with Gasteiger partial charge in [0.1, 0.15) is 0 Å². The number of hydrogen-bond donors (Lipinski definition) is 1. The average molecular weight is 353 g/mol. The summed E-state index contributed by atoms with van der Waals surface area (Å²) in [5.74, 6) is -0.377. The molecule has 0 aromatic heterocycles. The van der Waals surface area contributed by atoms with Crippen LogP contribution in [0, 0.1) is 6.92 Å². The van der Waals surface area contributed by atoms with Crippen molar-refractivity contribution in [3.05, 3.63) is 58.6 Å². The molecule has 1 N–H and O–H groups in total. The first-order valence-electron chi connectivity index (χ1n) is 6.84. The summed E-state index contributed by atoms with van der Waals surface area (Å²) in [6, 6.07) is 11.1. The minimum absolute atomic E-state index is 0.182. The molecule has 0 radical (unpaired) electrons. The standard InChI is InChI=1S/C16H17ClN2O3S/c1-11-4-7-13(8-5-11)23(21,22)19(3)12-6-9-15(17)14(10-12)16(20)18-2/h4-10H,1-3H3,(H,18,20). The van der Waals surface area contributed by atoms with E-state index in [9.17, 15) is 13.2 Å². The van der Waals surface area contributed by atoms with Gasteiger partial charge in [-0.1, -0.05) is 29.3 Å². The number of halogens is 1. The lowest BCUT2D eigenvalue weighted by atomic mass is 10.2. The van der Waals surface area contributed by atoms with E-state index in [1.807, 2.05) is 6.92 Å². The normalized spacial score (nSPS) is 11.1. The van der Waals surface area contributed by atoms with Crippen molar-refractivity contribution in [2.75, 3.05) is 18.4 Å². The van der Waals surface area contributed by atoms with Gasteiger partial charge in [0.05, 0.1) is 21.2 Å². The van der Waals surface area contributed by atoms with Crippen molar-refractivity contribution in [1.82, 2.24) is 5.32 Å². The van der Waals surface area contributed by atoms with E-state index < -0.39 is 10.0 Å². The number of carbonyl (C=O) groups is 1. The molecule has 0 aliphatic heterocycles. The molecule has 0 aliphatic carbocycles. The first-order chi connectivity index (χ1) is 10.8. The minimum Gasteiger partial charge on any atom is -0.355 e. The Bertz CT molecular complexity index is 833. The Morgan fingerprint density at radius 1 is 1.13 bits per heavy atom. The minimum atomic E-state index is -3.71. The van der Waals surface area contributed by atoms with E-state index in [4.69, 9.17) is 11.6 Å². The van der Waals surface area contributed by atoms with Crippen molar-refractivity contribution in [3.63, 3.8) is 0 Å². The SMILES string of the molecule is CNC(=O)c1cc(N(C)S(=O)(=O)c2ccc(C)cc2)ccc1Cl. The highest BCUT2D eigenvalue weighted by atomic mass is 35.5. The number of benzene rings is 2. The molecule has 0 saturated carbocycles. The van der Waals surface area contributed by atoms with Crippen LogP contribution < -0.4 is 9.62 Å². The molecule has 0 aliphatic rings. The zero-order valence-corrected chi connectivity index (χ0v) is 14.6. The van der Waals surface area contributed by atoms with E-state index in [0.717, 1.165) is 9.87 Å². The summed E-state index contributed by atoms with van der Waals surface area (Å²) in [6.45, 7) is 1.88. The lowest BCUT2D eigenvalue weighted by Gasteiger charge is -2.20. The van der Waals surface area contributed by atoms with Gasteiger partial charge in [-0.25, -0.2) is 8.42 Å². The molecule has 23 heavy (non-hydrogen) atoms. The van der Waals surface area contributed by atoms with Crippen molar-refractivity contribution in [2.24, 2.45) is 0 Å². The van der Waals surface area contributed by atoms with Gasteiger partial charge >= 0.3 is 0 Å². The van der Waals surface area contributed by atoms with E-state index in [0.29, 0.717) is 5.69 Å². The second-order valence-corrected chi connectivity index (χ2v) is 7.41. The third kappa shape index (κ3) is 3.48. The number of nitrogens with zero attached hydrogens (tertiary/aromatic N) is 1. The van der Waals surface area contributed by atoms with Crippen LogP contribution in [0.15, 0.2) is 47.4 Å². The Balaban J connectivity index is 2.45. The second kappa shape index (κ2) is 6.60. The Hall–Kier alpha value is -2.05. The van der Waals surface area contributed by atoms with Gasteiger partial charge in [-0.2, -0.15) is 0 Å². The monoisotopic (exact) mass is 352 g/mol. The molecular formula is C16H17ClN2O3S. The van der Waals surface area contributed by atoms with Crippen LogP contribution in [0.3, 0.4) is 0 Å². The molecule has 2 aromatic rings. The predicted octanol–water partition coefficient (Wildman–Crippen LogP) is 2.83. The maximum atomic E-state index is 12.7. The molecule has 0 atom stereocenters. The fourth-order valence-electron chi connectivity index (χ4n) is 2.02. The van der Waals surface area contributed by atoms with Gasteiger partial charge in [-0.15, -0.1) is 0 Å². The molecule has 5 nitrogen and oxygen atoms in total. The molecule has 7 heteroatoms. The zero-order chi connectivity index (χ0) is 17.2. The molecule has 0 fully saturated rings. The molecular weight excluding hydrogens is 336 g/mol. The number of aryl methyl sites for hydroxylation is 1. The number of rotatable bonds is 4. The van der Waals surface area contributed by atoms with E-state index in [1.165, 1.54) is 26.2 Å². The summed E-state index contributed by atoms with van der Waals surface area (Å²) in [6.07, 6.45) is 0. The lowest BCUT2D eigenvalue weighted by Crippen LogP contribution is -2.27. The third-order valence-corrected chi connectivity index (χ3v) is 5.59. The quantitative estimate of drug-likeness (QED) is 0.920. The number of nitrogens with one attached hydrogen (secondary N) is 1. The first-order valence-corrected chi connectivity index (χ1v) is 8.66. The van der Waals surface area contributed by atoms with Gasteiger partial charge in [0.15, 0.2) is 0 Å². The number of carbonyl (C=O) groups excluding carboxylic acids is 1. The van der Waals surface area contributed by atoms with Gasteiger partial charge in [0, 0.05) is 14.1 Å². The summed E-state index contributed by atoms with van der Waals surface area (Å²) in [5, 5.41) is 2.73. The Morgan fingerprint density at radius 3 is 2.30 bits per heavy atom. The van der Waals surface area contributed by atoms with E-state index in [1.54, 1.807) is 30.3 Å². The van der Waals surface area contributed by atoms with Crippen molar-refractivity contribution in [1.29, 1.82) is 0 Å². The summed E-state index contributed by atoms with van der Waals surface area (Å²) in [4.78, 5) is 12.0. The molecule has 0 spiro atoms. The van der Waals surface area contributed by atoms with Gasteiger partial charge in [-0.3, -0.25) is 9.10 Å². The average Bonchev–Trinajstić information content (AvgIpc) is 2.54. The van der Waals surface area contributed by atoms with Crippen molar-refractivity contribution in [3.8, 4) is 0 Å². The lowest BCUT2D eigenvalue weighted by molar-refractivity contribution is 0.0963. The van der Waals surface area contributed by atoms with Crippen LogP contribution >= 0.6 is 11.6 Å². The van der Waals surface area contributed by atoms with Crippen LogP contribution in [0.2, 0.25) is 5.02 Å². The Labute approximate surface area is 140 Å². The fraction of sp³-hybridized carbons (Fsp3) is 0.188. The molecule has 0 heterocycles. The highest BCUT2D eigenvalue weighted by Crippen LogP contribution is 2.26. The Morgan fingerprint density at radius 2 is 1.74 bits per heavy atom. The van der Waals surface area contributed by atoms with Gasteiger partial charge in [-0.05, 0) is 37.3 Å². The molecule has 0 saturated heterocycles. The fourth-order valence-corrected chi connectivity index (χ4v) is 3.42. The first kappa shape index (κ1) is 17.3. The predicted molar refractivity (Wildman–Crippen MR) is 91.6 cm³/mol. The van der Waals surface area contributed by atoms with E-state index in [-0.39, 0.29) is 21.4 Å². The zero-order valence-electron chi connectivity index (χ0n) is 13.0. The van der Waals surface area contributed by atoms with Gasteiger partial charge in [0.2, 0.25) is 0 Å². The molecule has 2 rings (SSSR count). The van der Waals surface area contributed by atoms with Crippen molar-refractivity contribution < 1.29 is 13.2 Å². The van der Waals surface area contributed by atoms with E-state index >= 15 is 0 Å². The highest BCUT2D eigenvalue weighted by Gasteiger charge is 2.22. The Kier molecular flexibility index (Phi) is 4.97. The highest BCUT2D eigenvalue weighted by molar-refractivity contribution is 7.92. The summed E-state index contributed by atoms with van der Waals surface area (Å²) < 4.78 is 26.5. The van der Waals surface area contributed by atoms with Crippen molar-refractivity contribution in [2.45, 2.75) is 11.8 Å². The smallest absolute Gasteiger partial charge is 0.264 e. The number of anilines is 1. The largest absolute Gasteiger partial charge is 0.355 e. The second-order valence-electron chi connectivity index (χ2n) is 5.03. The van der Waals surface area contributed by atoms with Crippen LogP contribution in [0.25, 0.3) is 0 Å². The van der Waals surface area contributed by atoms with Crippen LogP contribution in [-0.4, -0.2) is 28.4 Å². The maximum Gasteiger partial charge on any atom is 0.264 e. The van der Waals surface area contributed by atoms with Crippen LogP contribution in [0.5, 0.6) is 0 Å². The molecule has 0 unspecified atom stereocenters. The molecule has 2 aromatic carbocycles. The third-order valence-electron chi connectivity index (χ3n) is 3.46. The number of hydrogen-bond acceptors (Lipinski definition) is 3. The molecule has 1 amide bonds. The van der Waals surface area contributed by atoms with Crippen molar-refractivity contribution >= 4 is 33.2 Å². The van der Waals surface area contributed by atoms with Crippen LogP contribution in [-0.2, 0) is 10.0 Å². The maximum absolute atomic E-state index is 12.7. The molecule has 0 bridgehead atoms. The van der Waals surface area contributed by atoms with Gasteiger partial charge < -0.3 is 5.32 Å². The van der Waals surface area contributed by atoms with Gasteiger partial charge in [0.25, 0.3) is 15.9 Å². The summed E-state index contributed by atoms with van der Waals surface area (Å²) in [5.41, 5.74) is 1.55. The van der Waals surface area contributed by atoms with Crippen LogP contribution in [0.4, 0.5) is 5.69 Å². The molecule has 122 valence electrons. The van der Waals surface area contributed by atoms with Crippen LogP contribution in [0.1, 0.15) is 15.9 Å². The number of sulfonamides is 1. The topological polar surface area (TPSA) is 66.5 Å². The summed E-state index contributed by atoms with van der Waals surface area (Å²) >= 11 is 5.99. The number of amides is 1. The summed E-state index contributed by atoms with van der Waals surface area (Å²) in [7, 11) is -0.791. The van der Waals surface area contributed by atoms with E-state index in [2.05, 4.69) is 5.32 Å².